The number of nitrogens with zero attached hydrogens (tertiary/aromatic N) is 1. The third-order valence-corrected chi connectivity index (χ3v) is 4.60. The minimum atomic E-state index is 0.0296. The third kappa shape index (κ3) is 5.93. The van der Waals surface area contributed by atoms with Crippen molar-refractivity contribution in [3.05, 3.63) is 90.1 Å². The molecule has 0 unspecified atom stereocenters. The number of hydrogen-bond acceptors (Lipinski definition) is 4. The molecular formula is C21H20N2O2S. The first-order valence-corrected chi connectivity index (χ1v) is 9.51. The van der Waals surface area contributed by atoms with Crippen LogP contribution < -0.4 is 10.1 Å². The van der Waals surface area contributed by atoms with Gasteiger partial charge in [0.15, 0.2) is 0 Å². The highest BCUT2D eigenvalue weighted by atomic mass is 32.2. The van der Waals surface area contributed by atoms with Crippen molar-refractivity contribution >= 4 is 17.7 Å². The average Bonchev–Trinajstić information content (AvgIpc) is 2.68. The molecule has 0 aliphatic rings. The molecule has 1 aromatic heterocycles. The Balaban J connectivity index is 1.44. The van der Waals surface area contributed by atoms with E-state index in [0.29, 0.717) is 23.9 Å². The molecule has 0 spiro atoms. The molecule has 0 atom stereocenters. The lowest BCUT2D eigenvalue weighted by atomic mass is 10.2. The molecule has 1 N–H and O–H groups in total. The second kappa shape index (κ2) is 9.63. The lowest BCUT2D eigenvalue weighted by Crippen LogP contribution is -2.24. The van der Waals surface area contributed by atoms with Gasteiger partial charge in [-0.2, -0.15) is 0 Å². The molecule has 0 aliphatic heterocycles. The van der Waals surface area contributed by atoms with E-state index in [9.17, 15) is 4.79 Å². The Morgan fingerprint density at radius 2 is 1.77 bits per heavy atom. The van der Waals surface area contributed by atoms with E-state index in [4.69, 9.17) is 4.74 Å². The molecule has 0 saturated heterocycles. The van der Waals surface area contributed by atoms with Crippen LogP contribution >= 0.6 is 11.8 Å². The molecule has 0 fully saturated rings. The summed E-state index contributed by atoms with van der Waals surface area (Å²) in [6, 6.07) is 23.3. The normalized spacial score (nSPS) is 10.3. The molecule has 1 amide bonds. The Hall–Kier alpha value is -2.79. The Kier molecular flexibility index (Phi) is 6.67. The lowest BCUT2D eigenvalue weighted by Gasteiger charge is -2.08. The number of nitrogens with one attached hydrogen (secondary N) is 1. The van der Waals surface area contributed by atoms with Crippen LogP contribution in [0.5, 0.6) is 11.6 Å². The molecule has 5 heteroatoms. The highest BCUT2D eigenvalue weighted by Crippen LogP contribution is 2.20. The van der Waals surface area contributed by atoms with Gasteiger partial charge in [0, 0.05) is 24.6 Å². The standard InChI is InChI=1S/C21H20N2O2S/c24-20(16-26-15-17-7-2-1-3-8-17)23-14-18-9-6-10-19(13-18)25-21-11-4-5-12-22-21/h1-13H,14-16H2,(H,23,24). The predicted octanol–water partition coefficient (Wildman–Crippen LogP) is 4.42. The van der Waals surface area contributed by atoms with Gasteiger partial charge in [-0.15, -0.1) is 11.8 Å². The molecule has 4 nitrogen and oxygen atoms in total. The van der Waals surface area contributed by atoms with E-state index in [1.807, 2.05) is 54.6 Å². The monoisotopic (exact) mass is 364 g/mol. The number of hydrogen-bond donors (Lipinski definition) is 1. The number of ether oxygens (including phenoxy) is 1. The van der Waals surface area contributed by atoms with Gasteiger partial charge in [0.25, 0.3) is 0 Å². The van der Waals surface area contributed by atoms with Crippen LogP contribution in [0.4, 0.5) is 0 Å². The molecule has 0 saturated carbocycles. The summed E-state index contributed by atoms with van der Waals surface area (Å²) in [5.41, 5.74) is 2.21. The van der Waals surface area contributed by atoms with Gasteiger partial charge in [0.2, 0.25) is 11.8 Å². The largest absolute Gasteiger partial charge is 0.439 e. The summed E-state index contributed by atoms with van der Waals surface area (Å²) in [6.07, 6.45) is 1.69. The molecule has 0 aliphatic carbocycles. The number of benzene rings is 2. The van der Waals surface area contributed by atoms with Crippen LogP contribution in [0.3, 0.4) is 0 Å². The van der Waals surface area contributed by atoms with Crippen molar-refractivity contribution in [3.8, 4) is 11.6 Å². The maximum Gasteiger partial charge on any atom is 0.230 e. The fraction of sp³-hybridized carbons (Fsp3) is 0.143. The first-order valence-electron chi connectivity index (χ1n) is 8.36. The van der Waals surface area contributed by atoms with E-state index >= 15 is 0 Å². The van der Waals surface area contributed by atoms with E-state index in [2.05, 4.69) is 22.4 Å². The fourth-order valence-electron chi connectivity index (χ4n) is 2.33. The van der Waals surface area contributed by atoms with E-state index in [1.54, 1.807) is 24.0 Å². The number of rotatable bonds is 8. The van der Waals surface area contributed by atoms with Crippen molar-refractivity contribution in [2.24, 2.45) is 0 Å². The molecule has 3 aromatic rings. The number of amides is 1. The maximum absolute atomic E-state index is 12.0. The van der Waals surface area contributed by atoms with E-state index < -0.39 is 0 Å². The second-order valence-corrected chi connectivity index (χ2v) is 6.66. The van der Waals surface area contributed by atoms with Crippen LogP contribution in [0.25, 0.3) is 0 Å². The van der Waals surface area contributed by atoms with Crippen LogP contribution in [-0.2, 0) is 17.1 Å². The predicted molar refractivity (Wildman–Crippen MR) is 105 cm³/mol. The SMILES string of the molecule is O=C(CSCc1ccccc1)NCc1cccc(Oc2ccccn2)c1. The number of carbonyl (C=O) groups excluding carboxylic acids is 1. The Morgan fingerprint density at radius 1 is 0.962 bits per heavy atom. The summed E-state index contributed by atoms with van der Waals surface area (Å²) < 4.78 is 5.71. The number of thioether (sulfide) groups is 1. The minimum absolute atomic E-state index is 0.0296. The molecule has 132 valence electrons. The van der Waals surface area contributed by atoms with Crippen molar-refractivity contribution in [1.82, 2.24) is 10.3 Å². The van der Waals surface area contributed by atoms with E-state index in [-0.39, 0.29) is 5.91 Å². The van der Waals surface area contributed by atoms with E-state index in [0.717, 1.165) is 11.3 Å². The zero-order chi connectivity index (χ0) is 18.0. The molecule has 2 aromatic carbocycles. The van der Waals surface area contributed by atoms with Gasteiger partial charge in [-0.05, 0) is 29.3 Å². The number of aromatic nitrogens is 1. The summed E-state index contributed by atoms with van der Waals surface area (Å²) in [6.45, 7) is 0.476. The van der Waals surface area contributed by atoms with Crippen molar-refractivity contribution < 1.29 is 9.53 Å². The highest BCUT2D eigenvalue weighted by Gasteiger charge is 2.04. The molecule has 26 heavy (non-hydrogen) atoms. The van der Waals surface area contributed by atoms with Gasteiger partial charge >= 0.3 is 0 Å². The van der Waals surface area contributed by atoms with Gasteiger partial charge in [-0.3, -0.25) is 4.79 Å². The van der Waals surface area contributed by atoms with Gasteiger partial charge in [0.05, 0.1) is 5.75 Å². The van der Waals surface area contributed by atoms with Crippen LogP contribution in [0, 0.1) is 0 Å². The second-order valence-electron chi connectivity index (χ2n) is 5.67. The minimum Gasteiger partial charge on any atom is -0.439 e. The Labute approximate surface area is 157 Å². The van der Waals surface area contributed by atoms with E-state index in [1.165, 1.54) is 5.56 Å². The summed E-state index contributed by atoms with van der Waals surface area (Å²) >= 11 is 1.61. The zero-order valence-electron chi connectivity index (χ0n) is 14.3. The first kappa shape index (κ1) is 18.0. The number of pyridine rings is 1. The zero-order valence-corrected chi connectivity index (χ0v) is 15.1. The summed E-state index contributed by atoms with van der Waals surface area (Å²) in [7, 11) is 0. The highest BCUT2D eigenvalue weighted by molar-refractivity contribution is 7.99. The average molecular weight is 364 g/mol. The van der Waals surface area contributed by atoms with Crippen LogP contribution in [0.15, 0.2) is 79.0 Å². The maximum atomic E-state index is 12.0. The van der Waals surface area contributed by atoms with Crippen molar-refractivity contribution in [2.75, 3.05) is 5.75 Å². The topological polar surface area (TPSA) is 51.2 Å². The van der Waals surface area contributed by atoms with Gasteiger partial charge in [0.1, 0.15) is 5.75 Å². The Morgan fingerprint density at radius 3 is 2.58 bits per heavy atom. The van der Waals surface area contributed by atoms with Gasteiger partial charge in [-0.1, -0.05) is 48.5 Å². The van der Waals surface area contributed by atoms with Crippen LogP contribution in [-0.4, -0.2) is 16.6 Å². The summed E-state index contributed by atoms with van der Waals surface area (Å²) in [4.78, 5) is 16.2. The molecule has 1 heterocycles. The summed E-state index contributed by atoms with van der Waals surface area (Å²) in [5.74, 6) is 2.56. The quantitative estimate of drug-likeness (QED) is 0.643. The third-order valence-electron chi connectivity index (χ3n) is 3.59. The Bertz CT molecular complexity index is 826. The van der Waals surface area contributed by atoms with Crippen LogP contribution in [0.2, 0.25) is 0 Å². The van der Waals surface area contributed by atoms with Crippen LogP contribution in [0.1, 0.15) is 11.1 Å². The number of carbonyl (C=O) groups is 1. The molecule has 3 rings (SSSR count). The van der Waals surface area contributed by atoms with Gasteiger partial charge in [-0.25, -0.2) is 4.98 Å². The lowest BCUT2D eigenvalue weighted by molar-refractivity contribution is -0.118. The first-order chi connectivity index (χ1) is 12.8. The molecular weight excluding hydrogens is 344 g/mol. The van der Waals surface area contributed by atoms with Crippen molar-refractivity contribution in [1.29, 1.82) is 0 Å². The summed E-state index contributed by atoms with van der Waals surface area (Å²) in [5, 5.41) is 2.95. The fourth-order valence-corrected chi connectivity index (χ4v) is 3.15. The van der Waals surface area contributed by atoms with Crippen molar-refractivity contribution in [2.45, 2.75) is 12.3 Å². The van der Waals surface area contributed by atoms with Gasteiger partial charge < -0.3 is 10.1 Å². The molecule has 0 bridgehead atoms. The smallest absolute Gasteiger partial charge is 0.230 e. The molecule has 0 radical (unpaired) electrons. The van der Waals surface area contributed by atoms with Crippen molar-refractivity contribution in [3.63, 3.8) is 0 Å².